The van der Waals surface area contributed by atoms with Gasteiger partial charge in [0.05, 0.1) is 23.8 Å². The van der Waals surface area contributed by atoms with Crippen LogP contribution in [0, 0.1) is 0 Å². The van der Waals surface area contributed by atoms with E-state index in [-0.39, 0.29) is 0 Å². The molecule has 2 heterocycles. The molecule has 0 saturated carbocycles. The Balaban J connectivity index is 1.63. The van der Waals surface area contributed by atoms with Gasteiger partial charge < -0.3 is 0 Å². The van der Waals surface area contributed by atoms with Crippen molar-refractivity contribution in [3.63, 3.8) is 0 Å². The van der Waals surface area contributed by atoms with E-state index in [0.29, 0.717) is 0 Å². The van der Waals surface area contributed by atoms with Gasteiger partial charge in [-0.05, 0) is 23.8 Å². The van der Waals surface area contributed by atoms with E-state index in [4.69, 9.17) is 0 Å². The van der Waals surface area contributed by atoms with E-state index >= 15 is 0 Å². The lowest BCUT2D eigenvalue weighted by molar-refractivity contribution is 0.279. The Bertz CT molecular complexity index is 946. The van der Waals surface area contributed by atoms with Crippen molar-refractivity contribution in [2.75, 3.05) is 10.9 Å². The summed E-state index contributed by atoms with van der Waals surface area (Å²) in [6.45, 7) is 0. The van der Waals surface area contributed by atoms with Crippen molar-refractivity contribution in [3.8, 4) is 0 Å². The quantitative estimate of drug-likeness (QED) is 0.584. The summed E-state index contributed by atoms with van der Waals surface area (Å²) in [5, 5.41) is 11.5. The van der Waals surface area contributed by atoms with Crippen LogP contribution < -0.4 is 21.7 Å². The second-order valence-corrected chi connectivity index (χ2v) is 5.87. The number of anilines is 2. The second-order valence-electron chi connectivity index (χ2n) is 5.87. The Kier molecular flexibility index (Phi) is 5.20. The molecule has 2 aromatic carbocycles. The SMILES string of the molecule is C1=CNN(Nc2cccc(C=Cc3ccccc3)c2NN2N=CC=CN2)N=C1. The highest BCUT2D eigenvalue weighted by Gasteiger charge is 2.12. The number of allylic oxidation sites excluding steroid dienone is 2. The number of nitrogens with zero attached hydrogens (tertiary/aromatic N) is 4. The first kappa shape index (κ1) is 17.2. The van der Waals surface area contributed by atoms with Gasteiger partial charge in [0.25, 0.3) is 0 Å². The molecule has 0 atom stereocenters. The van der Waals surface area contributed by atoms with Crippen LogP contribution in [0.1, 0.15) is 11.1 Å². The Morgan fingerprint density at radius 3 is 2.14 bits per heavy atom. The van der Waals surface area contributed by atoms with Gasteiger partial charge in [0, 0.05) is 18.0 Å². The summed E-state index contributed by atoms with van der Waals surface area (Å²) >= 11 is 0. The molecular formula is C20H20N8. The smallest absolute Gasteiger partial charge is 0.0900 e. The van der Waals surface area contributed by atoms with Gasteiger partial charge in [0.2, 0.25) is 0 Å². The van der Waals surface area contributed by atoms with Gasteiger partial charge in [0.15, 0.2) is 0 Å². The van der Waals surface area contributed by atoms with E-state index < -0.39 is 0 Å². The maximum Gasteiger partial charge on any atom is 0.0900 e. The molecular weight excluding hydrogens is 352 g/mol. The summed E-state index contributed by atoms with van der Waals surface area (Å²) < 4.78 is 0. The van der Waals surface area contributed by atoms with Crippen LogP contribution in [-0.2, 0) is 0 Å². The maximum atomic E-state index is 4.25. The summed E-state index contributed by atoms with van der Waals surface area (Å²) in [6.07, 6.45) is 14.7. The average molecular weight is 372 g/mol. The molecule has 8 heteroatoms. The third-order valence-corrected chi connectivity index (χ3v) is 3.92. The van der Waals surface area contributed by atoms with Gasteiger partial charge in [0.1, 0.15) is 0 Å². The molecule has 0 spiro atoms. The molecule has 0 aliphatic carbocycles. The summed E-state index contributed by atoms with van der Waals surface area (Å²) in [7, 11) is 0. The van der Waals surface area contributed by atoms with Crippen LogP contribution in [0.5, 0.6) is 0 Å². The van der Waals surface area contributed by atoms with E-state index in [1.54, 1.807) is 24.8 Å². The van der Waals surface area contributed by atoms with Crippen molar-refractivity contribution in [2.45, 2.75) is 0 Å². The fourth-order valence-corrected chi connectivity index (χ4v) is 2.61. The highest BCUT2D eigenvalue weighted by molar-refractivity contribution is 5.84. The zero-order chi connectivity index (χ0) is 19.0. The molecule has 2 aliphatic rings. The Morgan fingerprint density at radius 1 is 0.750 bits per heavy atom. The van der Waals surface area contributed by atoms with E-state index in [0.717, 1.165) is 22.5 Å². The number of rotatable bonds is 6. The van der Waals surface area contributed by atoms with Gasteiger partial charge in [-0.15, -0.1) is 20.7 Å². The lowest BCUT2D eigenvalue weighted by Crippen LogP contribution is -2.38. The minimum atomic E-state index is 0.821. The van der Waals surface area contributed by atoms with Crippen LogP contribution in [0.4, 0.5) is 11.4 Å². The van der Waals surface area contributed by atoms with Gasteiger partial charge in [-0.25, -0.2) is 0 Å². The zero-order valence-electron chi connectivity index (χ0n) is 15.0. The average Bonchev–Trinajstić information content (AvgIpc) is 2.76. The number of nitrogens with one attached hydrogen (secondary N) is 4. The molecule has 0 aromatic heterocycles. The van der Waals surface area contributed by atoms with Crippen molar-refractivity contribution < 1.29 is 0 Å². The largest absolute Gasteiger partial charge is 0.270 e. The first-order valence-corrected chi connectivity index (χ1v) is 8.79. The molecule has 0 unspecified atom stereocenters. The van der Waals surface area contributed by atoms with Crippen LogP contribution in [0.15, 0.2) is 83.3 Å². The molecule has 4 N–H and O–H groups in total. The number of para-hydroxylation sites is 1. The monoisotopic (exact) mass is 372 g/mol. The third-order valence-electron chi connectivity index (χ3n) is 3.92. The number of hydrazone groups is 2. The van der Waals surface area contributed by atoms with Crippen LogP contribution in [-0.4, -0.2) is 22.9 Å². The predicted molar refractivity (Wildman–Crippen MR) is 114 cm³/mol. The number of benzene rings is 2. The lowest BCUT2D eigenvalue weighted by atomic mass is 10.1. The summed E-state index contributed by atoms with van der Waals surface area (Å²) in [5.41, 5.74) is 16.3. The van der Waals surface area contributed by atoms with E-state index in [9.17, 15) is 0 Å². The second kappa shape index (κ2) is 8.45. The van der Waals surface area contributed by atoms with E-state index in [1.165, 1.54) is 10.5 Å². The van der Waals surface area contributed by atoms with Crippen molar-refractivity contribution in [2.24, 2.45) is 10.2 Å². The van der Waals surface area contributed by atoms with Crippen LogP contribution >= 0.6 is 0 Å². The topological polar surface area (TPSA) is 79.3 Å². The zero-order valence-corrected chi connectivity index (χ0v) is 15.0. The number of hydrazine groups is 4. The van der Waals surface area contributed by atoms with Gasteiger partial charge in [-0.1, -0.05) is 54.6 Å². The van der Waals surface area contributed by atoms with Gasteiger partial charge in [-0.3, -0.25) is 21.7 Å². The minimum Gasteiger partial charge on any atom is -0.270 e. The summed E-state index contributed by atoms with van der Waals surface area (Å²) in [5.74, 6) is 0. The predicted octanol–water partition coefficient (Wildman–Crippen LogP) is 3.15. The van der Waals surface area contributed by atoms with Crippen LogP contribution in [0.3, 0.4) is 0 Å². The fraction of sp³-hybridized carbons (Fsp3) is 0. The summed E-state index contributed by atoms with van der Waals surface area (Å²) in [6, 6.07) is 16.1. The highest BCUT2D eigenvalue weighted by atomic mass is 15.9. The Hall–Kier alpha value is -4.20. The standard InChI is InChI=1S/C20H20N8/c1-2-7-17(8-3-1)11-12-18-9-4-10-19(25-27-21-13-5-14-22-27)20(18)26-28-23-15-6-16-24-28/h1-16,21,23,25-26H. The van der Waals surface area contributed by atoms with E-state index in [1.807, 2.05) is 48.6 Å². The number of hydrogen-bond donors (Lipinski definition) is 4. The molecule has 8 nitrogen and oxygen atoms in total. The molecule has 4 rings (SSSR count). The molecule has 0 radical (unpaired) electrons. The highest BCUT2D eigenvalue weighted by Crippen LogP contribution is 2.29. The first-order valence-electron chi connectivity index (χ1n) is 8.79. The van der Waals surface area contributed by atoms with Crippen molar-refractivity contribution in [1.29, 1.82) is 0 Å². The van der Waals surface area contributed by atoms with Crippen molar-refractivity contribution in [1.82, 2.24) is 21.3 Å². The van der Waals surface area contributed by atoms with Crippen molar-refractivity contribution in [3.05, 3.63) is 84.2 Å². The molecule has 2 aliphatic heterocycles. The first-order chi connectivity index (χ1) is 13.9. The van der Waals surface area contributed by atoms with Crippen molar-refractivity contribution >= 4 is 36.0 Å². The molecule has 0 fully saturated rings. The Labute approximate surface area is 163 Å². The molecule has 2 aromatic rings. The minimum absolute atomic E-state index is 0.821. The molecule has 0 amide bonds. The summed E-state index contributed by atoms with van der Waals surface area (Å²) in [4.78, 5) is 0. The molecule has 140 valence electrons. The fourth-order valence-electron chi connectivity index (χ4n) is 2.61. The van der Waals surface area contributed by atoms with Gasteiger partial charge in [-0.2, -0.15) is 0 Å². The van der Waals surface area contributed by atoms with E-state index in [2.05, 4.69) is 56.2 Å². The Morgan fingerprint density at radius 2 is 1.46 bits per heavy atom. The molecule has 0 saturated heterocycles. The maximum absolute atomic E-state index is 4.25. The number of hydrogen-bond acceptors (Lipinski definition) is 8. The lowest BCUT2D eigenvalue weighted by Gasteiger charge is -2.27. The molecule has 28 heavy (non-hydrogen) atoms. The normalized spacial score (nSPS) is 14.9. The third kappa shape index (κ3) is 4.31. The van der Waals surface area contributed by atoms with Crippen LogP contribution in [0.2, 0.25) is 0 Å². The molecule has 0 bridgehead atoms. The van der Waals surface area contributed by atoms with Gasteiger partial charge >= 0.3 is 0 Å². The van der Waals surface area contributed by atoms with Crippen LogP contribution in [0.25, 0.3) is 12.2 Å².